The summed E-state index contributed by atoms with van der Waals surface area (Å²) in [6.45, 7) is 4.20. The van der Waals surface area contributed by atoms with Gasteiger partial charge in [0, 0.05) is 23.3 Å². The van der Waals surface area contributed by atoms with E-state index in [1.165, 1.54) is 0 Å². The Labute approximate surface area is 112 Å². The number of carbonyl (C=O) groups is 1. The number of nitrogens with zero attached hydrogens (tertiary/aromatic N) is 1. The Balaban J connectivity index is 2.02. The van der Waals surface area contributed by atoms with Gasteiger partial charge in [-0.3, -0.25) is 9.78 Å². The molecule has 1 heterocycles. The van der Waals surface area contributed by atoms with Crippen LogP contribution in [0.3, 0.4) is 0 Å². The number of anilines is 1. The summed E-state index contributed by atoms with van der Waals surface area (Å²) in [5.41, 5.74) is 1.95. The number of ether oxygens (including phenoxy) is 1. The third kappa shape index (κ3) is 3.68. The van der Waals surface area contributed by atoms with Crippen molar-refractivity contribution in [1.29, 1.82) is 0 Å². The molecule has 19 heavy (non-hydrogen) atoms. The maximum absolute atomic E-state index is 11.4. The Morgan fingerprint density at radius 3 is 3.05 bits per heavy atom. The predicted molar refractivity (Wildman–Crippen MR) is 76.1 cm³/mol. The zero-order chi connectivity index (χ0) is 13.7. The second-order valence-electron chi connectivity index (χ2n) is 4.47. The number of nitrogens with one attached hydrogen (secondary N) is 1. The first-order chi connectivity index (χ1) is 9.19. The van der Waals surface area contributed by atoms with E-state index < -0.39 is 0 Å². The molecular formula is C15H18N2O2. The van der Waals surface area contributed by atoms with E-state index in [9.17, 15) is 4.79 Å². The predicted octanol–water partition coefficient (Wildman–Crippen LogP) is 2.99. The highest BCUT2D eigenvalue weighted by Gasteiger charge is 2.09. The van der Waals surface area contributed by atoms with Gasteiger partial charge in [0.2, 0.25) is 0 Å². The van der Waals surface area contributed by atoms with Crippen molar-refractivity contribution in [2.24, 2.45) is 0 Å². The zero-order valence-electron chi connectivity index (χ0n) is 11.2. The second kappa shape index (κ2) is 6.18. The van der Waals surface area contributed by atoms with Crippen molar-refractivity contribution in [1.82, 2.24) is 4.98 Å². The fraction of sp³-hybridized carbons (Fsp3) is 0.333. The number of carbonyl (C=O) groups excluding carboxylic acids is 1. The monoisotopic (exact) mass is 258 g/mol. The molecule has 0 fully saturated rings. The van der Waals surface area contributed by atoms with Crippen LogP contribution in [-0.2, 0) is 9.53 Å². The number of rotatable bonds is 5. The first-order valence-corrected chi connectivity index (χ1v) is 6.46. The van der Waals surface area contributed by atoms with E-state index in [1.54, 1.807) is 6.20 Å². The van der Waals surface area contributed by atoms with E-state index in [2.05, 4.69) is 10.3 Å². The van der Waals surface area contributed by atoms with Gasteiger partial charge < -0.3 is 10.1 Å². The molecule has 2 rings (SSSR count). The van der Waals surface area contributed by atoms with Crippen LogP contribution in [0.1, 0.15) is 20.3 Å². The molecular weight excluding hydrogens is 240 g/mol. The number of esters is 1. The summed E-state index contributed by atoms with van der Waals surface area (Å²) in [5, 5.41) is 4.37. The van der Waals surface area contributed by atoms with Crippen molar-refractivity contribution < 1.29 is 9.53 Å². The van der Waals surface area contributed by atoms with Crippen LogP contribution in [0.4, 0.5) is 5.69 Å². The van der Waals surface area contributed by atoms with Gasteiger partial charge >= 0.3 is 5.97 Å². The van der Waals surface area contributed by atoms with E-state index in [0.29, 0.717) is 13.0 Å². The molecule has 0 radical (unpaired) electrons. The molecule has 1 atom stereocenters. The molecule has 0 bridgehead atoms. The molecule has 1 aromatic heterocycles. The molecule has 0 saturated carbocycles. The fourth-order valence-corrected chi connectivity index (χ4v) is 1.97. The maximum atomic E-state index is 11.4. The van der Waals surface area contributed by atoms with Crippen LogP contribution in [0, 0.1) is 0 Å². The minimum Gasteiger partial charge on any atom is -0.466 e. The number of aromatic nitrogens is 1. The summed E-state index contributed by atoms with van der Waals surface area (Å²) in [4.78, 5) is 15.7. The van der Waals surface area contributed by atoms with E-state index in [-0.39, 0.29) is 12.0 Å². The summed E-state index contributed by atoms with van der Waals surface area (Å²) >= 11 is 0. The molecule has 0 amide bonds. The molecule has 4 nitrogen and oxygen atoms in total. The second-order valence-corrected chi connectivity index (χ2v) is 4.47. The summed E-state index contributed by atoms with van der Waals surface area (Å²) in [6, 6.07) is 9.93. The Bertz CT molecular complexity index is 569. The highest BCUT2D eigenvalue weighted by atomic mass is 16.5. The number of hydrogen-bond acceptors (Lipinski definition) is 4. The third-order valence-electron chi connectivity index (χ3n) is 2.79. The van der Waals surface area contributed by atoms with Crippen molar-refractivity contribution in [3.8, 4) is 0 Å². The standard InChI is InChI=1S/C15H18N2O2/c1-3-19-15(18)9-11(2)17-13-6-7-14-12(10-13)5-4-8-16-14/h4-8,10-11,17H,3,9H2,1-2H3/t11-/m1/s1. The number of pyridine rings is 1. The van der Waals surface area contributed by atoms with Crippen LogP contribution in [0.2, 0.25) is 0 Å². The first-order valence-electron chi connectivity index (χ1n) is 6.46. The lowest BCUT2D eigenvalue weighted by Crippen LogP contribution is -2.20. The van der Waals surface area contributed by atoms with Gasteiger partial charge in [-0.2, -0.15) is 0 Å². The smallest absolute Gasteiger partial charge is 0.307 e. The highest BCUT2D eigenvalue weighted by molar-refractivity contribution is 5.82. The van der Waals surface area contributed by atoms with Crippen molar-refractivity contribution in [2.45, 2.75) is 26.3 Å². The van der Waals surface area contributed by atoms with Crippen LogP contribution in [0.15, 0.2) is 36.5 Å². The van der Waals surface area contributed by atoms with Crippen molar-refractivity contribution >= 4 is 22.6 Å². The molecule has 0 aliphatic rings. The molecule has 0 aliphatic heterocycles. The van der Waals surface area contributed by atoms with Crippen LogP contribution in [0.25, 0.3) is 10.9 Å². The van der Waals surface area contributed by atoms with Crippen LogP contribution >= 0.6 is 0 Å². The topological polar surface area (TPSA) is 51.2 Å². The zero-order valence-corrected chi connectivity index (χ0v) is 11.2. The molecule has 4 heteroatoms. The van der Waals surface area contributed by atoms with E-state index in [4.69, 9.17) is 4.74 Å². The van der Waals surface area contributed by atoms with E-state index in [1.807, 2.05) is 44.2 Å². The minimum atomic E-state index is -0.176. The Morgan fingerprint density at radius 2 is 2.26 bits per heavy atom. The first kappa shape index (κ1) is 13.3. The Kier molecular flexibility index (Phi) is 4.34. The largest absolute Gasteiger partial charge is 0.466 e. The third-order valence-corrected chi connectivity index (χ3v) is 2.79. The number of hydrogen-bond donors (Lipinski definition) is 1. The SMILES string of the molecule is CCOC(=O)C[C@@H](C)Nc1ccc2ncccc2c1. The van der Waals surface area contributed by atoms with Gasteiger partial charge in [0.15, 0.2) is 0 Å². The summed E-state index contributed by atoms with van der Waals surface area (Å²) in [7, 11) is 0. The lowest BCUT2D eigenvalue weighted by molar-refractivity contribution is -0.143. The molecule has 0 saturated heterocycles. The van der Waals surface area contributed by atoms with E-state index in [0.717, 1.165) is 16.6 Å². The summed E-state index contributed by atoms with van der Waals surface area (Å²) < 4.78 is 4.93. The number of fused-ring (bicyclic) bond motifs is 1. The molecule has 1 aromatic carbocycles. The molecule has 0 spiro atoms. The summed E-state index contributed by atoms with van der Waals surface area (Å²) in [5.74, 6) is -0.176. The van der Waals surface area contributed by atoms with Gasteiger partial charge in [-0.1, -0.05) is 6.07 Å². The molecule has 100 valence electrons. The van der Waals surface area contributed by atoms with Crippen molar-refractivity contribution in [3.05, 3.63) is 36.5 Å². The highest BCUT2D eigenvalue weighted by Crippen LogP contribution is 2.18. The molecule has 1 N–H and O–H groups in total. The average molecular weight is 258 g/mol. The van der Waals surface area contributed by atoms with Crippen molar-refractivity contribution in [3.63, 3.8) is 0 Å². The van der Waals surface area contributed by atoms with Crippen LogP contribution in [0.5, 0.6) is 0 Å². The normalized spacial score (nSPS) is 12.1. The molecule has 2 aromatic rings. The van der Waals surface area contributed by atoms with Crippen LogP contribution in [-0.4, -0.2) is 23.6 Å². The lowest BCUT2D eigenvalue weighted by atomic mass is 10.1. The minimum absolute atomic E-state index is 0.0353. The fourth-order valence-electron chi connectivity index (χ4n) is 1.97. The van der Waals surface area contributed by atoms with Gasteiger partial charge in [-0.05, 0) is 38.1 Å². The van der Waals surface area contributed by atoms with E-state index >= 15 is 0 Å². The average Bonchev–Trinajstić information content (AvgIpc) is 2.38. The summed E-state index contributed by atoms with van der Waals surface area (Å²) in [6.07, 6.45) is 2.14. The Morgan fingerprint density at radius 1 is 1.42 bits per heavy atom. The van der Waals surface area contributed by atoms with Gasteiger partial charge in [0.1, 0.15) is 0 Å². The van der Waals surface area contributed by atoms with Crippen molar-refractivity contribution in [2.75, 3.05) is 11.9 Å². The number of benzene rings is 1. The maximum Gasteiger partial charge on any atom is 0.307 e. The van der Waals surface area contributed by atoms with Gasteiger partial charge in [-0.25, -0.2) is 0 Å². The van der Waals surface area contributed by atoms with Gasteiger partial charge in [-0.15, -0.1) is 0 Å². The Hall–Kier alpha value is -2.10. The molecule has 0 unspecified atom stereocenters. The quantitative estimate of drug-likeness (QED) is 0.838. The molecule has 0 aliphatic carbocycles. The van der Waals surface area contributed by atoms with Gasteiger partial charge in [0.25, 0.3) is 0 Å². The van der Waals surface area contributed by atoms with Crippen LogP contribution < -0.4 is 5.32 Å². The lowest BCUT2D eigenvalue weighted by Gasteiger charge is -2.14. The van der Waals surface area contributed by atoms with Gasteiger partial charge in [0.05, 0.1) is 18.5 Å².